The third kappa shape index (κ3) is 2.78. The number of nitrogens with one attached hydrogen (secondary N) is 1. The van der Waals surface area contributed by atoms with Gasteiger partial charge in [-0.15, -0.1) is 21.5 Å². The van der Waals surface area contributed by atoms with Crippen molar-refractivity contribution in [2.45, 2.75) is 13.5 Å². The molecule has 0 fully saturated rings. The van der Waals surface area contributed by atoms with Crippen LogP contribution in [0.2, 0.25) is 10.4 Å². The van der Waals surface area contributed by atoms with E-state index in [4.69, 9.17) is 23.2 Å². The van der Waals surface area contributed by atoms with Gasteiger partial charge >= 0.3 is 0 Å². The molecule has 2 aromatic rings. The van der Waals surface area contributed by atoms with Crippen molar-refractivity contribution in [1.82, 2.24) is 20.2 Å². The Bertz CT molecular complexity index is 501. The summed E-state index contributed by atoms with van der Waals surface area (Å²) in [6.07, 6.45) is 0. The predicted octanol–water partition coefficient (Wildman–Crippen LogP) is 2.56. The molecule has 2 aromatic heterocycles. The summed E-state index contributed by atoms with van der Waals surface area (Å²) in [7, 11) is 0. The average molecular weight is 276 g/mol. The van der Waals surface area contributed by atoms with Crippen molar-refractivity contribution in [3.63, 3.8) is 0 Å². The van der Waals surface area contributed by atoms with Gasteiger partial charge in [0.2, 0.25) is 5.28 Å². The summed E-state index contributed by atoms with van der Waals surface area (Å²) in [6, 6.07) is 0. The summed E-state index contributed by atoms with van der Waals surface area (Å²) in [4.78, 5) is 8.21. The lowest BCUT2D eigenvalue weighted by Crippen LogP contribution is -2.04. The molecule has 16 heavy (non-hydrogen) atoms. The van der Waals surface area contributed by atoms with Gasteiger partial charge in [0.05, 0.1) is 17.2 Å². The van der Waals surface area contributed by atoms with Gasteiger partial charge in [0.25, 0.3) is 0 Å². The fraction of sp³-hybridized carbons (Fsp3) is 0.250. The van der Waals surface area contributed by atoms with Crippen molar-refractivity contribution in [1.29, 1.82) is 0 Å². The Labute approximate surface area is 106 Å². The van der Waals surface area contributed by atoms with Crippen LogP contribution in [0.3, 0.4) is 0 Å². The van der Waals surface area contributed by atoms with E-state index in [1.165, 1.54) is 0 Å². The number of hydrogen-bond acceptors (Lipinski definition) is 6. The summed E-state index contributed by atoms with van der Waals surface area (Å²) in [5.74, 6) is 0.410. The first-order chi connectivity index (χ1) is 7.65. The summed E-state index contributed by atoms with van der Waals surface area (Å²) < 4.78 is 0. The van der Waals surface area contributed by atoms with Gasteiger partial charge in [-0.2, -0.15) is 4.98 Å². The molecule has 2 heterocycles. The van der Waals surface area contributed by atoms with Crippen LogP contribution in [0.4, 0.5) is 5.82 Å². The molecule has 0 bridgehead atoms. The van der Waals surface area contributed by atoms with Crippen LogP contribution in [0.15, 0.2) is 5.38 Å². The molecule has 0 unspecified atom stereocenters. The monoisotopic (exact) mass is 275 g/mol. The molecule has 0 saturated carbocycles. The Morgan fingerprint density at radius 2 is 2.12 bits per heavy atom. The number of rotatable bonds is 3. The first kappa shape index (κ1) is 11.5. The van der Waals surface area contributed by atoms with Crippen LogP contribution in [0.1, 0.15) is 10.7 Å². The number of anilines is 1. The zero-order valence-corrected chi connectivity index (χ0v) is 10.6. The maximum Gasteiger partial charge on any atom is 0.245 e. The molecule has 0 atom stereocenters. The molecule has 8 heteroatoms. The van der Waals surface area contributed by atoms with Gasteiger partial charge in [-0.05, 0) is 18.5 Å². The minimum Gasteiger partial charge on any atom is -0.362 e. The number of nitrogens with zero attached hydrogens (tertiary/aromatic N) is 4. The van der Waals surface area contributed by atoms with E-state index in [2.05, 4.69) is 25.5 Å². The predicted molar refractivity (Wildman–Crippen MR) is 64.0 cm³/mol. The summed E-state index contributed by atoms with van der Waals surface area (Å²) in [6.45, 7) is 2.48. The van der Waals surface area contributed by atoms with Gasteiger partial charge in [-0.1, -0.05) is 11.6 Å². The molecular formula is C8H7Cl2N5S. The van der Waals surface area contributed by atoms with Crippen LogP contribution in [0.25, 0.3) is 0 Å². The SMILES string of the molecule is Cc1nc(CNc2nc(Cl)nnc2Cl)cs1. The second-order valence-corrected chi connectivity index (χ2v) is 4.69. The van der Waals surface area contributed by atoms with Crippen molar-refractivity contribution in [3.05, 3.63) is 26.5 Å². The quantitative estimate of drug-likeness (QED) is 0.933. The van der Waals surface area contributed by atoms with Gasteiger partial charge in [-0.25, -0.2) is 4.98 Å². The number of aromatic nitrogens is 4. The van der Waals surface area contributed by atoms with Crippen molar-refractivity contribution in [2.75, 3.05) is 5.32 Å². The molecule has 0 aromatic carbocycles. The van der Waals surface area contributed by atoms with Crippen molar-refractivity contribution in [2.24, 2.45) is 0 Å². The molecule has 2 rings (SSSR count). The van der Waals surface area contributed by atoms with Crippen LogP contribution >= 0.6 is 34.5 Å². The molecule has 0 aliphatic rings. The summed E-state index contributed by atoms with van der Waals surface area (Å²) in [5, 5.41) is 13.4. The van der Waals surface area contributed by atoms with Crippen LogP contribution in [-0.4, -0.2) is 20.2 Å². The number of hydrogen-bond donors (Lipinski definition) is 1. The second-order valence-electron chi connectivity index (χ2n) is 2.93. The van der Waals surface area contributed by atoms with Crippen LogP contribution in [0.5, 0.6) is 0 Å². The minimum absolute atomic E-state index is 0.0568. The Morgan fingerprint density at radius 3 is 2.81 bits per heavy atom. The zero-order valence-electron chi connectivity index (χ0n) is 8.24. The highest BCUT2D eigenvalue weighted by molar-refractivity contribution is 7.09. The van der Waals surface area contributed by atoms with Gasteiger partial charge in [0, 0.05) is 5.38 Å². The van der Waals surface area contributed by atoms with E-state index in [1.54, 1.807) is 11.3 Å². The Balaban J connectivity index is 2.07. The van der Waals surface area contributed by atoms with Crippen molar-refractivity contribution >= 4 is 40.4 Å². The van der Waals surface area contributed by atoms with Crippen molar-refractivity contribution in [3.8, 4) is 0 Å². The number of thiazole rings is 1. The molecule has 1 N–H and O–H groups in total. The maximum atomic E-state index is 5.79. The molecule has 0 radical (unpaired) electrons. The smallest absolute Gasteiger partial charge is 0.245 e. The average Bonchev–Trinajstić information content (AvgIpc) is 2.66. The Hall–Kier alpha value is -0.980. The lowest BCUT2D eigenvalue weighted by Gasteiger charge is -2.03. The minimum atomic E-state index is 0.0568. The Kier molecular flexibility index (Phi) is 3.52. The van der Waals surface area contributed by atoms with E-state index in [0.29, 0.717) is 12.4 Å². The fourth-order valence-corrected chi connectivity index (χ4v) is 1.95. The van der Waals surface area contributed by atoms with E-state index >= 15 is 0 Å². The highest BCUT2D eigenvalue weighted by atomic mass is 35.5. The lowest BCUT2D eigenvalue weighted by molar-refractivity contribution is 0.951. The van der Waals surface area contributed by atoms with Gasteiger partial charge < -0.3 is 5.32 Å². The first-order valence-electron chi connectivity index (χ1n) is 4.36. The summed E-state index contributed by atoms with van der Waals surface area (Å²) in [5.41, 5.74) is 0.924. The molecule has 0 aliphatic carbocycles. The molecule has 5 nitrogen and oxygen atoms in total. The molecular weight excluding hydrogens is 269 g/mol. The molecule has 0 spiro atoms. The van der Waals surface area contributed by atoms with Crippen LogP contribution in [-0.2, 0) is 6.54 Å². The first-order valence-corrected chi connectivity index (χ1v) is 5.99. The Morgan fingerprint density at radius 1 is 1.31 bits per heavy atom. The van der Waals surface area contributed by atoms with Gasteiger partial charge in [0.1, 0.15) is 0 Å². The molecule has 0 amide bonds. The largest absolute Gasteiger partial charge is 0.362 e. The van der Waals surface area contributed by atoms with E-state index < -0.39 is 0 Å². The number of aryl methyl sites for hydroxylation is 1. The fourth-order valence-electron chi connectivity index (χ4n) is 1.07. The van der Waals surface area contributed by atoms with Gasteiger partial charge in [-0.3, -0.25) is 0 Å². The standard InChI is InChI=1S/C8H7Cl2N5S/c1-4-12-5(3-16-4)2-11-7-6(9)14-15-8(10)13-7/h3H,2H2,1H3,(H,11,13,15). The molecule has 0 aliphatic heterocycles. The zero-order chi connectivity index (χ0) is 11.5. The maximum absolute atomic E-state index is 5.79. The van der Waals surface area contributed by atoms with E-state index in [9.17, 15) is 0 Å². The van der Waals surface area contributed by atoms with Crippen LogP contribution < -0.4 is 5.32 Å². The second kappa shape index (κ2) is 4.90. The van der Waals surface area contributed by atoms with Crippen LogP contribution in [0, 0.1) is 6.92 Å². The van der Waals surface area contributed by atoms with E-state index in [-0.39, 0.29) is 10.4 Å². The highest BCUT2D eigenvalue weighted by Gasteiger charge is 2.06. The topological polar surface area (TPSA) is 63.6 Å². The van der Waals surface area contributed by atoms with Gasteiger partial charge in [0.15, 0.2) is 11.0 Å². The highest BCUT2D eigenvalue weighted by Crippen LogP contribution is 2.17. The molecule has 0 saturated heterocycles. The third-order valence-corrected chi connectivity index (χ3v) is 2.96. The third-order valence-electron chi connectivity index (χ3n) is 1.72. The normalized spacial score (nSPS) is 10.4. The molecule has 84 valence electrons. The van der Waals surface area contributed by atoms with Crippen molar-refractivity contribution < 1.29 is 0 Å². The van der Waals surface area contributed by atoms with E-state index in [0.717, 1.165) is 10.7 Å². The van der Waals surface area contributed by atoms with E-state index in [1.807, 2.05) is 12.3 Å². The lowest BCUT2D eigenvalue weighted by atomic mass is 10.5. The number of halogens is 2. The summed E-state index contributed by atoms with van der Waals surface area (Å²) >= 11 is 13.0.